The van der Waals surface area contributed by atoms with E-state index in [1.54, 1.807) is 20.4 Å². The van der Waals surface area contributed by atoms with Crippen LogP contribution in [0.1, 0.15) is 71.5 Å². The highest BCUT2D eigenvalue weighted by Gasteiger charge is 2.42. The van der Waals surface area contributed by atoms with Gasteiger partial charge in [-0.2, -0.15) is 0 Å². The number of nitrogens with zero attached hydrogens (tertiary/aromatic N) is 1. The zero-order valence-corrected chi connectivity index (χ0v) is 30.2. The second-order valence-corrected chi connectivity index (χ2v) is 18.8. The number of esters is 2. The predicted octanol–water partition coefficient (Wildman–Crippen LogP) is 7.50. The molecule has 0 saturated carbocycles. The van der Waals surface area contributed by atoms with Gasteiger partial charge in [-0.3, -0.25) is 4.79 Å². The Morgan fingerprint density at radius 3 is 2.02 bits per heavy atom. The van der Waals surface area contributed by atoms with Crippen molar-refractivity contribution in [3.8, 4) is 11.5 Å². The van der Waals surface area contributed by atoms with E-state index in [0.29, 0.717) is 23.6 Å². The van der Waals surface area contributed by atoms with E-state index in [0.717, 1.165) is 41.9 Å². The number of benzene rings is 2. The molecule has 0 fully saturated rings. The van der Waals surface area contributed by atoms with E-state index >= 15 is 0 Å². The number of hydrogen-bond acceptors (Lipinski definition) is 7. The molecule has 4 rings (SSSR count). The summed E-state index contributed by atoms with van der Waals surface area (Å²) >= 11 is 0. The lowest BCUT2D eigenvalue weighted by Crippen LogP contribution is -2.43. The van der Waals surface area contributed by atoms with E-state index in [-0.39, 0.29) is 23.5 Å². The summed E-state index contributed by atoms with van der Waals surface area (Å²) in [5.74, 6) is 1.03. The zero-order chi connectivity index (χ0) is 33.8. The van der Waals surface area contributed by atoms with Crippen molar-refractivity contribution in [2.45, 2.75) is 84.2 Å². The minimum absolute atomic E-state index is 0.00873. The third kappa shape index (κ3) is 7.86. The van der Waals surface area contributed by atoms with Crippen LogP contribution < -0.4 is 9.47 Å². The Morgan fingerprint density at radius 2 is 1.52 bits per heavy atom. The SMILES string of the molecule is COC(=O)Cc1cn(C[C@H](CC2Cc3ccccc3C2)[C@H](O[Si](C)(C)C(C)(C)C)c2cc(OC)c(C)c(OC)c2)cc1C(=O)OC. The third-order valence-electron chi connectivity index (χ3n) is 9.91. The summed E-state index contributed by atoms with van der Waals surface area (Å²) in [4.78, 5) is 25.1. The van der Waals surface area contributed by atoms with Crippen LogP contribution in [0.2, 0.25) is 18.1 Å². The highest BCUT2D eigenvalue weighted by molar-refractivity contribution is 6.74. The van der Waals surface area contributed by atoms with Gasteiger partial charge in [-0.05, 0) is 84.6 Å². The van der Waals surface area contributed by atoms with E-state index in [1.165, 1.54) is 25.3 Å². The quantitative estimate of drug-likeness (QED) is 0.140. The summed E-state index contributed by atoms with van der Waals surface area (Å²) in [6.45, 7) is 13.9. The molecule has 0 unspecified atom stereocenters. The lowest BCUT2D eigenvalue weighted by Gasteiger charge is -2.42. The predicted molar refractivity (Wildman–Crippen MR) is 182 cm³/mol. The van der Waals surface area contributed by atoms with Crippen LogP contribution in [-0.4, -0.2) is 53.3 Å². The smallest absolute Gasteiger partial charge is 0.339 e. The molecule has 2 atom stereocenters. The van der Waals surface area contributed by atoms with Crippen LogP contribution in [0.5, 0.6) is 11.5 Å². The molecule has 0 amide bonds. The number of fused-ring (bicyclic) bond motifs is 1. The van der Waals surface area contributed by atoms with Crippen LogP contribution in [0, 0.1) is 18.8 Å². The van der Waals surface area contributed by atoms with Gasteiger partial charge in [0.25, 0.3) is 0 Å². The van der Waals surface area contributed by atoms with Crippen LogP contribution >= 0.6 is 0 Å². The van der Waals surface area contributed by atoms with Gasteiger partial charge < -0.3 is 27.9 Å². The van der Waals surface area contributed by atoms with Gasteiger partial charge in [-0.15, -0.1) is 0 Å². The van der Waals surface area contributed by atoms with E-state index in [2.05, 4.69) is 70.3 Å². The van der Waals surface area contributed by atoms with Crippen molar-refractivity contribution >= 4 is 20.3 Å². The molecule has 1 heterocycles. The van der Waals surface area contributed by atoms with Gasteiger partial charge in [0.2, 0.25) is 0 Å². The van der Waals surface area contributed by atoms with Gasteiger partial charge >= 0.3 is 11.9 Å². The van der Waals surface area contributed by atoms with Crippen molar-refractivity contribution in [3.05, 3.63) is 82.2 Å². The second-order valence-electron chi connectivity index (χ2n) is 14.0. The Morgan fingerprint density at radius 1 is 0.935 bits per heavy atom. The topological polar surface area (TPSA) is 85.2 Å². The molecule has 0 spiro atoms. The lowest BCUT2D eigenvalue weighted by atomic mass is 9.85. The van der Waals surface area contributed by atoms with Crippen molar-refractivity contribution in [2.24, 2.45) is 11.8 Å². The van der Waals surface area contributed by atoms with Gasteiger partial charge in [-0.25, -0.2) is 4.79 Å². The first-order valence-corrected chi connectivity index (χ1v) is 18.9. The molecule has 250 valence electrons. The Balaban J connectivity index is 1.85. The number of aromatic nitrogens is 1. The fourth-order valence-corrected chi connectivity index (χ4v) is 7.65. The number of rotatable bonds is 13. The average Bonchev–Trinajstić information content (AvgIpc) is 3.61. The number of carbonyl (C=O) groups is 2. The van der Waals surface area contributed by atoms with Gasteiger partial charge in [0, 0.05) is 30.4 Å². The first-order chi connectivity index (χ1) is 21.7. The highest BCUT2D eigenvalue weighted by atomic mass is 28.4. The minimum Gasteiger partial charge on any atom is -0.496 e. The first kappa shape index (κ1) is 35.3. The lowest BCUT2D eigenvalue weighted by molar-refractivity contribution is -0.139. The van der Waals surface area contributed by atoms with Crippen LogP contribution in [0.4, 0.5) is 0 Å². The molecule has 0 bridgehead atoms. The van der Waals surface area contributed by atoms with Gasteiger partial charge in [0.15, 0.2) is 8.32 Å². The normalized spacial score (nSPS) is 14.8. The summed E-state index contributed by atoms with van der Waals surface area (Å²) in [6, 6.07) is 12.9. The summed E-state index contributed by atoms with van der Waals surface area (Å²) in [5, 5.41) is -0.0303. The van der Waals surface area contributed by atoms with Crippen LogP contribution in [0.15, 0.2) is 48.8 Å². The maximum absolute atomic E-state index is 12.8. The van der Waals surface area contributed by atoms with Crippen molar-refractivity contribution in [3.63, 3.8) is 0 Å². The van der Waals surface area contributed by atoms with E-state index in [4.69, 9.17) is 23.4 Å². The number of ether oxygens (including phenoxy) is 4. The summed E-state index contributed by atoms with van der Waals surface area (Å²) in [5.41, 5.74) is 5.68. The summed E-state index contributed by atoms with van der Waals surface area (Å²) in [7, 11) is 3.76. The number of carbonyl (C=O) groups excluding carboxylic acids is 2. The fraction of sp³-hybridized carbons (Fsp3) is 0.514. The Bertz CT molecular complexity index is 1490. The van der Waals surface area contributed by atoms with E-state index < -0.39 is 20.3 Å². The molecule has 2 aromatic carbocycles. The molecular weight excluding hydrogens is 598 g/mol. The number of methoxy groups -OCH3 is 4. The molecule has 46 heavy (non-hydrogen) atoms. The molecule has 0 aliphatic heterocycles. The standard InChI is InChI=1S/C37H51NO7Si/c1-24-32(41-5)18-28(19-33(24)42-6)35(45-46(9,10)37(2,3)4)30(17-25-15-26-13-11-12-14-27(26)16-25)22-38-21-29(20-34(39)43-7)31(23-38)36(40)44-8/h11-14,18-19,21,23,25,30,35H,15-17,20,22H2,1-10H3/t30-,35+/m0/s1. The maximum atomic E-state index is 12.8. The van der Waals surface area contributed by atoms with E-state index in [9.17, 15) is 9.59 Å². The van der Waals surface area contributed by atoms with Crippen LogP contribution in [-0.2, 0) is 44.5 Å². The number of hydrogen-bond donors (Lipinski definition) is 0. The monoisotopic (exact) mass is 649 g/mol. The molecule has 0 saturated heterocycles. The minimum atomic E-state index is -2.30. The van der Waals surface area contributed by atoms with Gasteiger partial charge in [0.1, 0.15) is 11.5 Å². The largest absolute Gasteiger partial charge is 0.496 e. The molecule has 9 heteroatoms. The summed E-state index contributed by atoms with van der Waals surface area (Å²) in [6.07, 6.45) is 6.26. The average molecular weight is 650 g/mol. The second kappa shape index (κ2) is 14.5. The van der Waals surface area contributed by atoms with Crippen molar-refractivity contribution in [1.29, 1.82) is 0 Å². The van der Waals surface area contributed by atoms with Crippen molar-refractivity contribution < 1.29 is 33.0 Å². The molecular formula is C37H51NO7Si. The summed E-state index contributed by atoms with van der Waals surface area (Å²) < 4.78 is 31.1. The molecule has 3 aromatic rings. The van der Waals surface area contributed by atoms with Gasteiger partial charge in [0.05, 0.1) is 46.5 Å². The van der Waals surface area contributed by atoms with Crippen LogP contribution in [0.25, 0.3) is 0 Å². The molecule has 1 aliphatic carbocycles. The highest BCUT2D eigenvalue weighted by Crippen LogP contribution is 2.46. The zero-order valence-electron chi connectivity index (χ0n) is 29.2. The molecule has 0 radical (unpaired) electrons. The molecule has 8 nitrogen and oxygen atoms in total. The van der Waals surface area contributed by atoms with Crippen molar-refractivity contribution in [2.75, 3.05) is 28.4 Å². The Labute approximate surface area is 275 Å². The molecule has 0 N–H and O–H groups in total. The first-order valence-electron chi connectivity index (χ1n) is 16.0. The molecule has 1 aliphatic rings. The van der Waals surface area contributed by atoms with Crippen molar-refractivity contribution in [1.82, 2.24) is 4.57 Å². The third-order valence-corrected chi connectivity index (χ3v) is 14.4. The van der Waals surface area contributed by atoms with Gasteiger partial charge in [-0.1, -0.05) is 45.0 Å². The fourth-order valence-electron chi connectivity index (χ4n) is 6.33. The molecule has 1 aromatic heterocycles. The maximum Gasteiger partial charge on any atom is 0.339 e. The van der Waals surface area contributed by atoms with E-state index in [1.807, 2.05) is 17.7 Å². The Kier molecular flexibility index (Phi) is 11.1. The van der Waals surface area contributed by atoms with Crippen LogP contribution in [0.3, 0.4) is 0 Å². The Hall–Kier alpha value is -3.56.